The summed E-state index contributed by atoms with van der Waals surface area (Å²) in [4.78, 5) is 1.42. The number of thiophene rings is 1. The molecule has 0 amide bonds. The van der Waals surface area contributed by atoms with Gasteiger partial charge in [-0.1, -0.05) is 36.4 Å². The van der Waals surface area contributed by atoms with E-state index >= 15 is 0 Å². The SMILES string of the molecule is O[C@@H](CSCCc1cccs1)c1ccccc1. The number of aryl methyl sites for hydroxylation is 1. The fourth-order valence-corrected chi connectivity index (χ4v) is 3.38. The molecule has 1 aromatic carbocycles. The van der Waals surface area contributed by atoms with Gasteiger partial charge >= 0.3 is 0 Å². The molecule has 0 radical (unpaired) electrons. The average Bonchev–Trinajstić information content (AvgIpc) is 2.88. The van der Waals surface area contributed by atoms with Gasteiger partial charge in [0.1, 0.15) is 0 Å². The van der Waals surface area contributed by atoms with Gasteiger partial charge in [0, 0.05) is 10.6 Å². The Balaban J connectivity index is 1.68. The molecule has 1 aromatic heterocycles. The van der Waals surface area contributed by atoms with E-state index in [2.05, 4.69) is 17.5 Å². The average molecular weight is 264 g/mol. The van der Waals surface area contributed by atoms with Crippen molar-refractivity contribution in [3.8, 4) is 0 Å². The maximum absolute atomic E-state index is 9.96. The van der Waals surface area contributed by atoms with E-state index in [1.165, 1.54) is 4.88 Å². The first-order chi connectivity index (χ1) is 8.36. The van der Waals surface area contributed by atoms with Crippen molar-refractivity contribution in [3.63, 3.8) is 0 Å². The van der Waals surface area contributed by atoms with Crippen molar-refractivity contribution in [2.45, 2.75) is 12.5 Å². The zero-order chi connectivity index (χ0) is 11.9. The Morgan fingerprint density at radius 1 is 1.12 bits per heavy atom. The van der Waals surface area contributed by atoms with E-state index in [0.29, 0.717) is 0 Å². The summed E-state index contributed by atoms with van der Waals surface area (Å²) in [6, 6.07) is 14.1. The van der Waals surface area contributed by atoms with E-state index in [1.54, 1.807) is 11.3 Å². The minimum absolute atomic E-state index is 0.343. The van der Waals surface area contributed by atoms with Crippen LogP contribution in [0.25, 0.3) is 0 Å². The first-order valence-corrected chi connectivity index (χ1v) is 7.73. The lowest BCUT2D eigenvalue weighted by atomic mass is 10.1. The third kappa shape index (κ3) is 4.19. The van der Waals surface area contributed by atoms with Gasteiger partial charge in [-0.3, -0.25) is 0 Å². The van der Waals surface area contributed by atoms with Crippen molar-refractivity contribution in [2.24, 2.45) is 0 Å². The largest absolute Gasteiger partial charge is 0.388 e. The van der Waals surface area contributed by atoms with Gasteiger partial charge in [0.05, 0.1) is 6.10 Å². The lowest BCUT2D eigenvalue weighted by Crippen LogP contribution is -2.01. The molecule has 3 heteroatoms. The van der Waals surface area contributed by atoms with Gasteiger partial charge in [-0.05, 0) is 29.2 Å². The normalized spacial score (nSPS) is 12.5. The van der Waals surface area contributed by atoms with E-state index < -0.39 is 0 Å². The summed E-state index contributed by atoms with van der Waals surface area (Å²) in [6.45, 7) is 0. The third-order valence-electron chi connectivity index (χ3n) is 2.53. The molecule has 1 N–H and O–H groups in total. The van der Waals surface area contributed by atoms with E-state index in [-0.39, 0.29) is 6.10 Å². The molecule has 0 aliphatic heterocycles. The molecule has 0 aliphatic rings. The van der Waals surface area contributed by atoms with Crippen LogP contribution in [-0.2, 0) is 6.42 Å². The van der Waals surface area contributed by atoms with Crippen LogP contribution < -0.4 is 0 Å². The Hall–Kier alpha value is -0.770. The zero-order valence-electron chi connectivity index (χ0n) is 9.58. The van der Waals surface area contributed by atoms with Crippen LogP contribution in [0.5, 0.6) is 0 Å². The Morgan fingerprint density at radius 2 is 1.94 bits per heavy atom. The number of thioether (sulfide) groups is 1. The van der Waals surface area contributed by atoms with Crippen LogP contribution in [0.4, 0.5) is 0 Å². The molecule has 17 heavy (non-hydrogen) atoms. The first-order valence-electron chi connectivity index (χ1n) is 5.69. The quantitative estimate of drug-likeness (QED) is 0.802. The molecule has 0 spiro atoms. The summed E-state index contributed by atoms with van der Waals surface area (Å²) in [7, 11) is 0. The number of benzene rings is 1. The van der Waals surface area contributed by atoms with Crippen molar-refractivity contribution >= 4 is 23.1 Å². The number of aliphatic hydroxyl groups excluding tert-OH is 1. The molecule has 0 saturated heterocycles. The standard InChI is InChI=1S/C14H16OS2/c15-14(12-5-2-1-3-6-12)11-16-10-8-13-7-4-9-17-13/h1-7,9,14-15H,8,10-11H2/t14-/m0/s1. The number of rotatable bonds is 6. The molecule has 0 unspecified atom stereocenters. The molecule has 0 bridgehead atoms. The maximum Gasteiger partial charge on any atom is 0.0880 e. The highest BCUT2D eigenvalue weighted by Gasteiger charge is 2.06. The van der Waals surface area contributed by atoms with Crippen LogP contribution in [0.15, 0.2) is 47.8 Å². The maximum atomic E-state index is 9.96. The minimum Gasteiger partial charge on any atom is -0.388 e. The zero-order valence-corrected chi connectivity index (χ0v) is 11.2. The van der Waals surface area contributed by atoms with Gasteiger partial charge in [0.25, 0.3) is 0 Å². The molecule has 1 atom stereocenters. The van der Waals surface area contributed by atoms with Gasteiger partial charge in [-0.2, -0.15) is 11.8 Å². The van der Waals surface area contributed by atoms with Gasteiger partial charge in [-0.25, -0.2) is 0 Å². The molecule has 0 aliphatic carbocycles. The highest BCUT2D eigenvalue weighted by Crippen LogP contribution is 2.19. The van der Waals surface area contributed by atoms with Gasteiger partial charge in [0.2, 0.25) is 0 Å². The Morgan fingerprint density at radius 3 is 2.65 bits per heavy atom. The Labute approximate surface area is 111 Å². The van der Waals surface area contributed by atoms with Gasteiger partial charge < -0.3 is 5.11 Å². The predicted molar refractivity (Wildman–Crippen MR) is 76.7 cm³/mol. The highest BCUT2D eigenvalue weighted by atomic mass is 32.2. The van der Waals surface area contributed by atoms with Crippen molar-refractivity contribution < 1.29 is 5.11 Å². The van der Waals surface area contributed by atoms with Crippen molar-refractivity contribution in [3.05, 3.63) is 58.3 Å². The molecule has 2 aromatic rings. The highest BCUT2D eigenvalue weighted by molar-refractivity contribution is 7.99. The molecular weight excluding hydrogens is 248 g/mol. The van der Waals surface area contributed by atoms with Gasteiger partial charge in [0.15, 0.2) is 0 Å². The number of hydrogen-bond acceptors (Lipinski definition) is 3. The topological polar surface area (TPSA) is 20.2 Å². The van der Waals surface area contributed by atoms with E-state index in [1.807, 2.05) is 42.1 Å². The fraction of sp³-hybridized carbons (Fsp3) is 0.286. The molecule has 1 nitrogen and oxygen atoms in total. The van der Waals surface area contributed by atoms with E-state index in [9.17, 15) is 5.11 Å². The Bertz CT molecular complexity index is 411. The summed E-state index contributed by atoms with van der Waals surface area (Å²) in [5.41, 5.74) is 1.01. The van der Waals surface area contributed by atoms with Crippen LogP contribution in [-0.4, -0.2) is 16.6 Å². The first kappa shape index (κ1) is 12.7. The molecule has 0 fully saturated rings. The number of aliphatic hydroxyl groups is 1. The second-order valence-corrected chi connectivity index (χ2v) is 6.01. The van der Waals surface area contributed by atoms with Crippen molar-refractivity contribution in [1.82, 2.24) is 0 Å². The van der Waals surface area contributed by atoms with Crippen LogP contribution in [0, 0.1) is 0 Å². The van der Waals surface area contributed by atoms with Crippen molar-refractivity contribution in [1.29, 1.82) is 0 Å². The van der Waals surface area contributed by atoms with Crippen LogP contribution in [0.2, 0.25) is 0 Å². The summed E-state index contributed by atoms with van der Waals surface area (Å²) in [5, 5.41) is 12.1. The molecular formula is C14H16OS2. The van der Waals surface area contributed by atoms with E-state index in [4.69, 9.17) is 0 Å². The van der Waals surface area contributed by atoms with Crippen molar-refractivity contribution in [2.75, 3.05) is 11.5 Å². The smallest absolute Gasteiger partial charge is 0.0880 e. The van der Waals surface area contributed by atoms with Crippen LogP contribution in [0.3, 0.4) is 0 Å². The monoisotopic (exact) mass is 264 g/mol. The lowest BCUT2D eigenvalue weighted by molar-refractivity contribution is 0.204. The van der Waals surface area contributed by atoms with Crippen LogP contribution in [0.1, 0.15) is 16.5 Å². The predicted octanol–water partition coefficient (Wildman–Crippen LogP) is 3.76. The lowest BCUT2D eigenvalue weighted by Gasteiger charge is -2.09. The third-order valence-corrected chi connectivity index (χ3v) is 4.51. The molecule has 0 saturated carbocycles. The summed E-state index contributed by atoms with van der Waals surface area (Å²) >= 11 is 3.61. The minimum atomic E-state index is -0.343. The number of hydrogen-bond donors (Lipinski definition) is 1. The second-order valence-electron chi connectivity index (χ2n) is 3.83. The Kier molecular flexibility index (Phi) is 5.10. The molecule has 90 valence electrons. The summed E-state index contributed by atoms with van der Waals surface area (Å²) in [6.07, 6.45) is 0.758. The van der Waals surface area contributed by atoms with Gasteiger partial charge in [-0.15, -0.1) is 11.3 Å². The summed E-state index contributed by atoms with van der Waals surface area (Å²) in [5.74, 6) is 1.85. The molecule has 2 rings (SSSR count). The fourth-order valence-electron chi connectivity index (χ4n) is 1.59. The van der Waals surface area contributed by atoms with Crippen LogP contribution >= 0.6 is 23.1 Å². The van der Waals surface area contributed by atoms with E-state index in [0.717, 1.165) is 23.5 Å². The second kappa shape index (κ2) is 6.84. The summed E-state index contributed by atoms with van der Waals surface area (Å²) < 4.78 is 0. The molecule has 1 heterocycles.